The van der Waals surface area contributed by atoms with E-state index in [9.17, 15) is 9.90 Å². The molecule has 2 spiro atoms. The summed E-state index contributed by atoms with van der Waals surface area (Å²) in [5.74, 6) is -0.375. The molecule has 0 aliphatic heterocycles. The summed E-state index contributed by atoms with van der Waals surface area (Å²) in [7, 11) is 6.11. The molecule has 412 valence electrons. The Morgan fingerprint density at radius 1 is 0.398 bits per heavy atom. The number of carbonyl (C=O) groups is 2. The molecule has 1 saturated carbocycles. The molecular weight excluding hydrogens is 1140 g/mol. The number of ether oxygens (including phenoxy) is 1. The summed E-state index contributed by atoms with van der Waals surface area (Å²) in [4.78, 5) is 32.5. The summed E-state index contributed by atoms with van der Waals surface area (Å²) >= 11 is 0. The van der Waals surface area contributed by atoms with Gasteiger partial charge in [-0.3, -0.25) is 9.59 Å². The Morgan fingerprint density at radius 3 is 0.957 bits per heavy atom. The minimum Gasteiger partial charge on any atom is -0.506 e. The van der Waals surface area contributed by atoms with E-state index in [-0.39, 0.29) is 23.4 Å². The molecule has 1 fully saturated rings. The van der Waals surface area contributed by atoms with Crippen molar-refractivity contribution < 1.29 is 24.0 Å². The Bertz CT molecular complexity index is 8070. The lowest BCUT2D eigenvalue weighted by atomic mass is 9.68. The highest BCUT2D eigenvalue weighted by Gasteiger charge is 2.89. The van der Waals surface area contributed by atoms with Crippen molar-refractivity contribution in [2.75, 3.05) is 39.2 Å². The minimum atomic E-state index is -0.566. The number of aliphatic hydroxyl groups excluding tert-OH is 1. The average molecular weight is 1170 g/mol. The summed E-state index contributed by atoms with van der Waals surface area (Å²) in [5, 5.41) is 96.3. The number of hydrogen-bond donors (Lipinski definition) is 1. The van der Waals surface area contributed by atoms with Crippen LogP contribution >= 0.6 is 0 Å². The molecule has 93 heavy (non-hydrogen) atoms. The SMILES string of the molecule is CN(CCCCCCOC(=O)C1C23c4c5c6c7c8c9c(c%10c%11c2c2c4c4c%12c5c5c6c6c8c8c%13c9c9c%10c%10c%11c%11c2c2c4c4c%12c%12c5c5c6c8c6c8c%13c9c9c%10c%10c%11c2c2c4c4c%12c5c6c5c8c9c%10c2c45)C713)c1ccc(C2=C(O)C(=C3C=CC(=[N+](C)C)C=C3)C2=O)cc1. The summed E-state index contributed by atoms with van der Waals surface area (Å²) in [6.07, 6.45) is 11.6. The van der Waals surface area contributed by atoms with Crippen molar-refractivity contribution >= 4 is 320 Å². The number of nitrogens with zero attached hydrogens (tertiary/aromatic N) is 2. The standard InChI is InChI=1S/C87H30N2O4/c1-88(2)20-12-8-18(9-13-20)22-82(90)23(83(22)91)19-10-14-21(15-11-19)89(3)16-6-4-5-7-17-93-85(92)84-86-78-70-62-52-42-34-26-24-25-28-32-30(26)38-46-40(32)50-44-36(28)37-29(25)33-31-27(24)35(34)43-49-39(31)47-41(33)51-45(37)55-54(44)64-58(50)68-60(46)66(56(62)48(38)42)74(78)76(68)80-72(64)73-65(55)59(51)69-61(47)67-57(49)63(53(43)52)71(70)79(86)75(67)77(69)81(73)87(80,84)86/h8-15,84H,4-7,16-17H2,1-3H3/p+1. The summed E-state index contributed by atoms with van der Waals surface area (Å²) in [6.45, 7) is 1.31. The van der Waals surface area contributed by atoms with Gasteiger partial charge in [-0.05, 0) is 368 Å². The maximum Gasteiger partial charge on any atom is 0.311 e. The first-order valence-electron chi connectivity index (χ1n) is 34.2. The van der Waals surface area contributed by atoms with Crippen LogP contribution < -0.4 is 4.90 Å². The lowest BCUT2D eigenvalue weighted by Crippen LogP contribution is -2.27. The molecule has 7 aliphatic carbocycles. The average Bonchev–Trinajstić information content (AvgIpc) is 1.37. The third-order valence-corrected chi connectivity index (χ3v) is 30.3. The fourth-order valence-corrected chi connectivity index (χ4v) is 28.7. The molecule has 0 radical (unpaired) electrons. The Balaban J connectivity index is 0.595. The smallest absolute Gasteiger partial charge is 0.311 e. The number of benzene rings is 19. The number of carbonyl (C=O) groups excluding carboxylic acids is 2. The van der Waals surface area contributed by atoms with Gasteiger partial charge >= 0.3 is 5.97 Å². The minimum absolute atomic E-state index is 0.0358. The van der Waals surface area contributed by atoms with Crippen molar-refractivity contribution in [3.05, 3.63) is 93.3 Å². The van der Waals surface area contributed by atoms with Gasteiger partial charge in [-0.1, -0.05) is 18.6 Å². The molecule has 29 aromatic rings. The van der Waals surface area contributed by atoms with Crippen molar-refractivity contribution in [2.24, 2.45) is 5.92 Å². The molecule has 29 aromatic carbocycles. The maximum absolute atomic E-state index is 16.8. The van der Waals surface area contributed by atoms with Gasteiger partial charge in [-0.25, -0.2) is 4.58 Å². The van der Waals surface area contributed by atoms with Gasteiger partial charge in [0.25, 0.3) is 0 Å². The Kier molecular flexibility index (Phi) is 4.37. The Labute approximate surface area is 515 Å². The van der Waals surface area contributed by atoms with Crippen LogP contribution in [-0.4, -0.2) is 61.4 Å². The zero-order chi connectivity index (χ0) is 58.0. The molecule has 0 unspecified atom stereocenters. The Hall–Kier alpha value is -11.0. The van der Waals surface area contributed by atoms with E-state index in [0.717, 1.165) is 54.8 Å². The van der Waals surface area contributed by atoms with E-state index in [1.165, 1.54) is 43.1 Å². The number of ketones is 1. The van der Waals surface area contributed by atoms with Crippen LogP contribution in [0.3, 0.4) is 0 Å². The highest BCUT2D eigenvalue weighted by molar-refractivity contribution is 6.82. The quantitative estimate of drug-likeness (QED) is 0.0486. The van der Waals surface area contributed by atoms with Crippen LogP contribution in [0.4, 0.5) is 5.69 Å². The molecular formula is C87H31N2O4+. The zero-order valence-electron chi connectivity index (χ0n) is 49.5. The van der Waals surface area contributed by atoms with Gasteiger partial charge < -0.3 is 14.7 Å². The number of hydrogen-bond acceptors (Lipinski definition) is 5. The Morgan fingerprint density at radius 2 is 0.677 bits per heavy atom. The van der Waals surface area contributed by atoms with Crippen molar-refractivity contribution in [3.63, 3.8) is 0 Å². The van der Waals surface area contributed by atoms with Crippen molar-refractivity contribution in [1.29, 1.82) is 0 Å². The van der Waals surface area contributed by atoms with Crippen molar-refractivity contribution in [1.82, 2.24) is 0 Å². The molecule has 0 bridgehead atoms. The van der Waals surface area contributed by atoms with Gasteiger partial charge in [0.05, 0.1) is 34.5 Å². The second-order valence-electron chi connectivity index (χ2n) is 32.2. The second kappa shape index (κ2) is 10.2. The molecule has 1 N–H and O–H groups in total. The molecule has 7 aliphatic rings. The van der Waals surface area contributed by atoms with Gasteiger partial charge in [-0.2, -0.15) is 0 Å². The third-order valence-electron chi connectivity index (χ3n) is 30.3. The van der Waals surface area contributed by atoms with Gasteiger partial charge in [0, 0.05) is 31.4 Å². The molecule has 0 atom stereocenters. The highest BCUT2D eigenvalue weighted by atomic mass is 16.5. The third kappa shape index (κ3) is 2.64. The molecule has 0 aromatic heterocycles. The predicted molar refractivity (Wildman–Crippen MR) is 383 cm³/mol. The van der Waals surface area contributed by atoms with Crippen LogP contribution in [-0.2, 0) is 25.2 Å². The molecule has 6 heteroatoms. The van der Waals surface area contributed by atoms with E-state index in [0.29, 0.717) is 17.8 Å². The van der Waals surface area contributed by atoms with Gasteiger partial charge in [0.2, 0.25) is 5.78 Å². The zero-order valence-corrected chi connectivity index (χ0v) is 49.5. The van der Waals surface area contributed by atoms with Crippen molar-refractivity contribution in [3.8, 4) is 0 Å². The van der Waals surface area contributed by atoms with Crippen LogP contribution in [0, 0.1) is 5.92 Å². The number of aliphatic hydroxyl groups is 1. The monoisotopic (exact) mass is 1170 g/mol. The molecule has 0 saturated heterocycles. The van der Waals surface area contributed by atoms with E-state index in [1.807, 2.05) is 55.1 Å². The summed E-state index contributed by atoms with van der Waals surface area (Å²) < 4.78 is 9.13. The van der Waals surface area contributed by atoms with E-state index < -0.39 is 10.8 Å². The number of anilines is 1. The summed E-state index contributed by atoms with van der Waals surface area (Å²) in [6, 6.07) is 8.04. The van der Waals surface area contributed by atoms with Gasteiger partial charge in [-0.15, -0.1) is 0 Å². The first-order chi connectivity index (χ1) is 45.9. The largest absolute Gasteiger partial charge is 0.506 e. The van der Waals surface area contributed by atoms with Gasteiger partial charge in [0.15, 0.2) is 5.71 Å². The normalized spacial score (nSPS) is 21.9. The number of unbranched alkanes of at least 4 members (excludes halogenated alkanes) is 3. The van der Waals surface area contributed by atoms with E-state index in [1.54, 1.807) is 270 Å². The fraction of sp³-hybridized carbons (Fsp3) is 0.138. The molecule has 36 rings (SSSR count). The van der Waals surface area contributed by atoms with E-state index in [2.05, 4.69) is 24.1 Å². The number of Topliss-reactive ketones (excluding diaryl/α,β-unsaturated/α-hetero) is 1. The van der Waals surface area contributed by atoms with Crippen LogP contribution in [0.5, 0.6) is 0 Å². The molecule has 0 heterocycles. The number of allylic oxidation sites excluding steroid dienone is 7. The lowest BCUT2D eigenvalue weighted by molar-refractivity contribution is -0.462. The summed E-state index contributed by atoms with van der Waals surface area (Å²) in [5.41, 5.74) is 9.39. The predicted octanol–water partition coefficient (Wildman–Crippen LogP) is 20.2. The first kappa shape index (κ1) is 40.0. The highest BCUT2D eigenvalue weighted by Crippen LogP contribution is 2.92. The fourth-order valence-electron chi connectivity index (χ4n) is 28.7. The van der Waals surface area contributed by atoms with E-state index in [4.69, 9.17) is 4.74 Å². The maximum atomic E-state index is 16.8. The lowest BCUT2D eigenvalue weighted by Gasteiger charge is -2.32. The number of esters is 1. The van der Waals surface area contributed by atoms with Crippen LogP contribution in [0.2, 0.25) is 0 Å². The molecule has 6 nitrogen and oxygen atoms in total. The second-order valence-corrected chi connectivity index (χ2v) is 32.2. The van der Waals surface area contributed by atoms with Gasteiger partial charge in [0.1, 0.15) is 19.9 Å². The first-order valence-corrected chi connectivity index (χ1v) is 34.2. The van der Waals surface area contributed by atoms with Crippen LogP contribution in [0.25, 0.3) is 296 Å². The molecule has 0 amide bonds. The topological polar surface area (TPSA) is 69.8 Å². The number of rotatable bonds is 10. The van der Waals surface area contributed by atoms with Crippen molar-refractivity contribution in [2.45, 2.75) is 36.5 Å². The van der Waals surface area contributed by atoms with Crippen LogP contribution in [0.1, 0.15) is 53.5 Å². The van der Waals surface area contributed by atoms with E-state index >= 15 is 4.79 Å². The van der Waals surface area contributed by atoms with Crippen LogP contribution in [0.15, 0.2) is 65.5 Å².